The molecule has 5 rings (SSSR count). The van der Waals surface area contributed by atoms with E-state index in [1.54, 1.807) is 4.52 Å². The van der Waals surface area contributed by atoms with Crippen LogP contribution < -0.4 is 5.32 Å². The lowest BCUT2D eigenvalue weighted by molar-refractivity contribution is -0.385. The highest BCUT2D eigenvalue weighted by atomic mass is 32.1. The number of carbonyl (C=O) groups is 3. The Balaban J connectivity index is 1.29. The molecule has 1 aliphatic rings. The fraction of sp³-hybridized carbons (Fsp3) is 0.174. The largest absolute Gasteiger partial charge is 0.293 e. The maximum Gasteiger partial charge on any atom is 0.282 e. The zero-order chi connectivity index (χ0) is 24.9. The Morgan fingerprint density at radius 2 is 1.94 bits per heavy atom. The highest BCUT2D eigenvalue weighted by Gasteiger charge is 2.40. The zero-order valence-corrected chi connectivity index (χ0v) is 19.5. The van der Waals surface area contributed by atoms with Crippen molar-refractivity contribution in [3.8, 4) is 11.3 Å². The van der Waals surface area contributed by atoms with Gasteiger partial charge < -0.3 is 0 Å². The van der Waals surface area contributed by atoms with E-state index >= 15 is 0 Å². The summed E-state index contributed by atoms with van der Waals surface area (Å²) >= 11 is 1.39. The number of carbonyl (C=O) groups excluding carboxylic acids is 3. The summed E-state index contributed by atoms with van der Waals surface area (Å²) < 4.78 is 1.65. The summed E-state index contributed by atoms with van der Waals surface area (Å²) in [6.45, 7) is 3.80. The van der Waals surface area contributed by atoms with Gasteiger partial charge in [0.2, 0.25) is 16.8 Å². The molecule has 0 unspecified atom stereocenters. The minimum absolute atomic E-state index is 0.0421. The van der Waals surface area contributed by atoms with Crippen LogP contribution >= 0.6 is 11.3 Å². The van der Waals surface area contributed by atoms with Gasteiger partial charge in [-0.15, -0.1) is 16.4 Å². The average molecular weight is 491 g/mol. The van der Waals surface area contributed by atoms with Crippen molar-refractivity contribution in [3.63, 3.8) is 0 Å². The number of hydrogen-bond donors (Lipinski definition) is 1. The van der Waals surface area contributed by atoms with Gasteiger partial charge >= 0.3 is 0 Å². The normalized spacial score (nSPS) is 12.9. The predicted molar refractivity (Wildman–Crippen MR) is 127 cm³/mol. The molecule has 0 saturated carbocycles. The molecular weight excluding hydrogens is 472 g/mol. The minimum atomic E-state index is -0.788. The third-order valence-electron chi connectivity index (χ3n) is 5.73. The van der Waals surface area contributed by atoms with Gasteiger partial charge in [-0.05, 0) is 25.5 Å². The van der Waals surface area contributed by atoms with Crippen LogP contribution in [0.3, 0.4) is 0 Å². The molecular formula is C23H18N6O5S. The van der Waals surface area contributed by atoms with Crippen molar-refractivity contribution in [2.24, 2.45) is 0 Å². The summed E-state index contributed by atoms with van der Waals surface area (Å²) in [5, 5.41) is 20.2. The monoisotopic (exact) mass is 490 g/mol. The van der Waals surface area contributed by atoms with E-state index in [2.05, 4.69) is 21.5 Å². The first kappa shape index (κ1) is 22.3. The molecule has 0 spiro atoms. The lowest BCUT2D eigenvalue weighted by Crippen LogP contribution is -2.33. The van der Waals surface area contributed by atoms with E-state index in [0.717, 1.165) is 27.3 Å². The van der Waals surface area contributed by atoms with E-state index in [4.69, 9.17) is 0 Å². The van der Waals surface area contributed by atoms with Crippen molar-refractivity contribution < 1.29 is 19.3 Å². The number of aryl methyl sites for hydroxylation is 2. The summed E-state index contributed by atoms with van der Waals surface area (Å²) in [7, 11) is 0. The van der Waals surface area contributed by atoms with Crippen molar-refractivity contribution in [1.29, 1.82) is 0 Å². The number of hydrogen-bond acceptors (Lipinski definition) is 8. The Kier molecular flexibility index (Phi) is 5.36. The minimum Gasteiger partial charge on any atom is -0.293 e. The number of nitro benzene ring substituents is 1. The van der Waals surface area contributed by atoms with Crippen LogP contribution in [0, 0.1) is 24.0 Å². The summed E-state index contributed by atoms with van der Waals surface area (Å²) in [4.78, 5) is 54.1. The average Bonchev–Trinajstić information content (AvgIpc) is 3.45. The smallest absolute Gasteiger partial charge is 0.282 e. The van der Waals surface area contributed by atoms with E-state index in [1.807, 2.05) is 31.4 Å². The molecule has 11 nitrogen and oxygen atoms in total. The highest BCUT2D eigenvalue weighted by molar-refractivity contribution is 7.15. The molecule has 35 heavy (non-hydrogen) atoms. The van der Waals surface area contributed by atoms with Gasteiger partial charge in [0, 0.05) is 30.0 Å². The Hall–Kier alpha value is -4.45. The van der Waals surface area contributed by atoms with Gasteiger partial charge in [0.1, 0.15) is 5.56 Å². The number of nitro groups is 1. The topological polar surface area (TPSA) is 140 Å². The fourth-order valence-electron chi connectivity index (χ4n) is 4.09. The number of rotatable bonds is 6. The van der Waals surface area contributed by atoms with Gasteiger partial charge in [-0.3, -0.25) is 34.7 Å². The third kappa shape index (κ3) is 3.83. The second-order valence-electron chi connectivity index (χ2n) is 8.09. The van der Waals surface area contributed by atoms with Crippen molar-refractivity contribution in [3.05, 3.63) is 74.1 Å². The molecule has 0 aliphatic carbocycles. The van der Waals surface area contributed by atoms with Crippen LogP contribution in [-0.4, -0.2) is 48.7 Å². The number of aromatic nitrogens is 3. The molecule has 2 aromatic carbocycles. The van der Waals surface area contributed by atoms with Crippen LogP contribution in [0.5, 0.6) is 0 Å². The highest BCUT2D eigenvalue weighted by Crippen LogP contribution is 2.31. The molecule has 0 radical (unpaired) electrons. The van der Waals surface area contributed by atoms with Crippen LogP contribution in [0.15, 0.2) is 41.8 Å². The van der Waals surface area contributed by atoms with Crippen molar-refractivity contribution >= 4 is 45.7 Å². The number of nitrogens with one attached hydrogen (secondary N) is 1. The van der Waals surface area contributed by atoms with Crippen LogP contribution in [0.2, 0.25) is 0 Å². The number of nitrogens with zero attached hydrogens (tertiary/aromatic N) is 5. The summed E-state index contributed by atoms with van der Waals surface area (Å²) in [6.07, 6.45) is -0.212. The number of anilines is 1. The SMILES string of the molecule is Cc1ccc(-c2csc3nc(NC(=O)CCN4C(=O)c5cccc([N+](=O)[O-])c5C4=O)nn23)c(C)c1. The molecule has 1 aliphatic heterocycles. The predicted octanol–water partition coefficient (Wildman–Crippen LogP) is 3.61. The molecule has 0 bridgehead atoms. The number of imide groups is 1. The third-order valence-corrected chi connectivity index (χ3v) is 6.54. The number of thiazole rings is 1. The second-order valence-corrected chi connectivity index (χ2v) is 8.92. The number of benzene rings is 2. The molecule has 12 heteroatoms. The van der Waals surface area contributed by atoms with Crippen molar-refractivity contribution in [1.82, 2.24) is 19.5 Å². The first-order valence-corrected chi connectivity index (χ1v) is 11.5. The van der Waals surface area contributed by atoms with Gasteiger partial charge in [0.25, 0.3) is 17.5 Å². The van der Waals surface area contributed by atoms with E-state index in [-0.39, 0.29) is 30.0 Å². The molecule has 0 atom stereocenters. The molecule has 0 fully saturated rings. The van der Waals surface area contributed by atoms with Gasteiger partial charge in [-0.2, -0.15) is 4.98 Å². The first-order chi connectivity index (χ1) is 16.7. The molecule has 3 amide bonds. The van der Waals surface area contributed by atoms with Gasteiger partial charge in [-0.25, -0.2) is 4.52 Å². The van der Waals surface area contributed by atoms with Crippen LogP contribution in [0.1, 0.15) is 38.3 Å². The Morgan fingerprint density at radius 3 is 2.69 bits per heavy atom. The quantitative estimate of drug-likeness (QED) is 0.247. The summed E-state index contributed by atoms with van der Waals surface area (Å²) in [5.41, 5.74) is 3.36. The summed E-state index contributed by atoms with van der Waals surface area (Å²) in [5.74, 6) is -1.85. The molecule has 2 aromatic heterocycles. The van der Waals surface area contributed by atoms with E-state index < -0.39 is 28.3 Å². The zero-order valence-electron chi connectivity index (χ0n) is 18.6. The Bertz CT molecular complexity index is 1560. The van der Waals surface area contributed by atoms with Crippen LogP contribution in [0.25, 0.3) is 16.2 Å². The number of amides is 3. The van der Waals surface area contributed by atoms with Gasteiger partial charge in [-0.1, -0.05) is 29.8 Å². The number of fused-ring (bicyclic) bond motifs is 2. The Morgan fingerprint density at radius 1 is 1.14 bits per heavy atom. The van der Waals surface area contributed by atoms with E-state index in [1.165, 1.54) is 29.5 Å². The second kappa shape index (κ2) is 8.40. The maximum absolute atomic E-state index is 12.6. The molecule has 176 valence electrons. The van der Waals surface area contributed by atoms with E-state index in [9.17, 15) is 24.5 Å². The fourth-order valence-corrected chi connectivity index (χ4v) is 4.91. The van der Waals surface area contributed by atoms with Crippen molar-refractivity contribution in [2.45, 2.75) is 20.3 Å². The molecule has 0 saturated heterocycles. The van der Waals surface area contributed by atoms with Crippen LogP contribution in [0.4, 0.5) is 11.6 Å². The lowest BCUT2D eigenvalue weighted by Gasteiger charge is -2.12. The Labute approximate surface area is 202 Å². The summed E-state index contributed by atoms with van der Waals surface area (Å²) in [6, 6.07) is 9.98. The molecule has 4 aromatic rings. The van der Waals surface area contributed by atoms with Gasteiger partial charge in [0.05, 0.1) is 16.2 Å². The first-order valence-electron chi connectivity index (χ1n) is 10.6. The van der Waals surface area contributed by atoms with E-state index in [0.29, 0.717) is 4.96 Å². The molecule has 3 heterocycles. The van der Waals surface area contributed by atoms with Gasteiger partial charge in [0.15, 0.2) is 0 Å². The lowest BCUT2D eigenvalue weighted by atomic mass is 10.0. The standard InChI is InChI=1S/C23H18N6O5S/c1-12-6-7-14(13(2)10-12)17-11-35-23-25-22(26-28(17)23)24-18(30)8-9-27-20(31)15-4-3-5-16(29(33)34)19(15)21(27)32/h3-7,10-11H,8-9H2,1-2H3,(H,24,26,30). The molecule has 1 N–H and O–H groups in total. The maximum atomic E-state index is 12.6. The van der Waals surface area contributed by atoms with Crippen LogP contribution in [-0.2, 0) is 4.79 Å². The van der Waals surface area contributed by atoms with Crippen molar-refractivity contribution in [2.75, 3.05) is 11.9 Å².